The van der Waals surface area contributed by atoms with Crippen molar-refractivity contribution in [1.29, 1.82) is 0 Å². The summed E-state index contributed by atoms with van der Waals surface area (Å²) in [6.45, 7) is 10.6. The molecule has 0 rings (SSSR count). The molecule has 242 valence electrons. The number of ether oxygens (including phenoxy) is 4. The number of nitrogens with one attached hydrogen (secondary N) is 4. The minimum absolute atomic E-state index is 0.00193. The van der Waals surface area contributed by atoms with Crippen LogP contribution in [0.5, 0.6) is 0 Å². The molecule has 0 heterocycles. The number of hydrazine groups is 1. The maximum atomic E-state index is 12.6. The third-order valence-corrected chi connectivity index (χ3v) is 5.37. The maximum absolute atomic E-state index is 12.6. The number of hydrogen-bond acceptors (Lipinski definition) is 9. The lowest BCUT2D eigenvalue weighted by atomic mass is 10.2. The number of carbonyl (C=O) groups is 3. The summed E-state index contributed by atoms with van der Waals surface area (Å²) < 4.78 is 21.0. The van der Waals surface area contributed by atoms with Crippen molar-refractivity contribution in [3.63, 3.8) is 0 Å². The van der Waals surface area contributed by atoms with Crippen LogP contribution in [0.25, 0.3) is 0 Å². The highest BCUT2D eigenvalue weighted by molar-refractivity contribution is 5.77. The first-order chi connectivity index (χ1) is 19.9. The van der Waals surface area contributed by atoms with Gasteiger partial charge in [0.1, 0.15) is 4.87 Å². The van der Waals surface area contributed by atoms with E-state index in [0.717, 1.165) is 12.8 Å². The van der Waals surface area contributed by atoms with Crippen molar-refractivity contribution in [2.24, 2.45) is 5.73 Å². The van der Waals surface area contributed by atoms with E-state index < -0.39 is 6.17 Å². The molecule has 0 radical (unpaired) electrons. The van der Waals surface area contributed by atoms with Crippen molar-refractivity contribution < 1.29 is 38.2 Å². The van der Waals surface area contributed by atoms with Crippen molar-refractivity contribution in [1.82, 2.24) is 21.4 Å². The minimum atomic E-state index is -0.910. The summed E-state index contributed by atoms with van der Waals surface area (Å²) in [6.07, 6.45) is 2.81. The lowest BCUT2D eigenvalue weighted by molar-refractivity contribution is -0.645. The predicted octanol–water partition coefficient (Wildman–Crippen LogP) is 0.766. The molecule has 14 nitrogen and oxygen atoms in total. The van der Waals surface area contributed by atoms with Gasteiger partial charge in [0.15, 0.2) is 0 Å². The van der Waals surface area contributed by atoms with Gasteiger partial charge in [-0.1, -0.05) is 20.8 Å². The number of amides is 3. The first-order valence-electron chi connectivity index (χ1n) is 14.9. The van der Waals surface area contributed by atoms with Crippen LogP contribution in [0.4, 0.5) is 0 Å². The first-order valence-corrected chi connectivity index (χ1v) is 14.9. The lowest BCUT2D eigenvalue weighted by Crippen LogP contribution is -2.48. The standard InChI is InChI=1S/C25H50N6O8.C2H6/c1-3-23(32)27-12-6-7-13-28-24(33)10-9-22(30-25(34)8-4-5-11-26)31(35)29-14-15-37-18-19-39-21-20-38-17-16-36-2;1-2/h22H,3-21,26H2,1-2H3,(H3-,27,28,29,30,32,33,34,35);1-2H3/p+1/t22-;/m1./s1. The number of nitroso groups, excluding NO2 is 1. The van der Waals surface area contributed by atoms with Gasteiger partial charge < -0.3 is 35.3 Å². The minimum Gasteiger partial charge on any atom is -0.382 e. The Balaban J connectivity index is 0. The molecule has 3 amide bonds. The molecular formula is C27H57N6O8+. The highest BCUT2D eigenvalue weighted by atomic mass is 16.6. The number of hydrogen-bond donors (Lipinski definition) is 5. The number of carbonyl (C=O) groups excluding carboxylic acids is 3. The normalized spacial score (nSPS) is 11.1. The third kappa shape index (κ3) is 28.9. The lowest BCUT2D eigenvalue weighted by Gasteiger charge is -2.12. The van der Waals surface area contributed by atoms with E-state index >= 15 is 0 Å². The molecule has 0 aliphatic rings. The average Bonchev–Trinajstić information content (AvgIpc) is 2.98. The second kappa shape index (κ2) is 32.1. The van der Waals surface area contributed by atoms with Crippen molar-refractivity contribution in [2.75, 3.05) is 79.5 Å². The molecule has 6 N–H and O–H groups in total. The third-order valence-electron chi connectivity index (χ3n) is 5.37. The van der Waals surface area contributed by atoms with E-state index in [9.17, 15) is 19.3 Å². The molecule has 0 aromatic carbocycles. The second-order valence-electron chi connectivity index (χ2n) is 8.69. The Labute approximate surface area is 246 Å². The molecule has 0 aliphatic carbocycles. The fourth-order valence-electron chi connectivity index (χ4n) is 3.15. The Morgan fingerprint density at radius 2 is 1.29 bits per heavy atom. The van der Waals surface area contributed by atoms with E-state index in [0.29, 0.717) is 83.4 Å². The zero-order valence-corrected chi connectivity index (χ0v) is 25.8. The van der Waals surface area contributed by atoms with Gasteiger partial charge in [0.05, 0.1) is 57.7 Å². The molecule has 1 atom stereocenters. The van der Waals surface area contributed by atoms with E-state index in [2.05, 4.69) is 21.4 Å². The van der Waals surface area contributed by atoms with Gasteiger partial charge in [-0.3, -0.25) is 19.7 Å². The maximum Gasteiger partial charge on any atom is 0.308 e. The van der Waals surface area contributed by atoms with Gasteiger partial charge in [0, 0.05) is 45.9 Å². The zero-order chi connectivity index (χ0) is 31.0. The number of nitrogens with zero attached hydrogens (tertiary/aromatic N) is 1. The van der Waals surface area contributed by atoms with E-state index in [1.54, 1.807) is 14.0 Å². The molecule has 0 aromatic heterocycles. The monoisotopic (exact) mass is 593 g/mol. The summed E-state index contributed by atoms with van der Waals surface area (Å²) in [6, 6.07) is 0. The molecule has 0 aliphatic heterocycles. The summed E-state index contributed by atoms with van der Waals surface area (Å²) in [7, 11) is 1.61. The van der Waals surface area contributed by atoms with Crippen LogP contribution in [-0.4, -0.2) is 108 Å². The Morgan fingerprint density at radius 3 is 1.85 bits per heavy atom. The van der Waals surface area contributed by atoms with Gasteiger partial charge in [-0.25, -0.2) is 0 Å². The van der Waals surface area contributed by atoms with Crippen LogP contribution in [-0.2, 0) is 33.3 Å². The molecule has 0 unspecified atom stereocenters. The van der Waals surface area contributed by atoms with Gasteiger partial charge in [-0.15, -0.1) is 5.43 Å². The first kappa shape index (κ1) is 40.7. The van der Waals surface area contributed by atoms with Crippen LogP contribution >= 0.6 is 0 Å². The van der Waals surface area contributed by atoms with Crippen molar-refractivity contribution in [2.45, 2.75) is 78.3 Å². The highest BCUT2D eigenvalue weighted by Crippen LogP contribution is 2.01. The molecular weight excluding hydrogens is 536 g/mol. The van der Waals surface area contributed by atoms with Gasteiger partial charge in [-0.05, 0) is 32.2 Å². The van der Waals surface area contributed by atoms with Crippen molar-refractivity contribution in [3.05, 3.63) is 4.91 Å². The van der Waals surface area contributed by atoms with E-state index in [1.807, 2.05) is 13.8 Å². The molecule has 0 saturated carbocycles. The molecule has 0 aromatic rings. The number of methoxy groups -OCH3 is 1. The largest absolute Gasteiger partial charge is 0.382 e. The molecule has 14 heteroatoms. The van der Waals surface area contributed by atoms with Crippen LogP contribution in [0.2, 0.25) is 0 Å². The Kier molecular flexibility index (Phi) is 31.9. The van der Waals surface area contributed by atoms with Crippen molar-refractivity contribution in [3.8, 4) is 0 Å². The molecule has 0 bridgehead atoms. The Hall–Kier alpha value is -2.39. The summed E-state index contributed by atoms with van der Waals surface area (Å²) in [5, 5.41) is 8.28. The molecule has 41 heavy (non-hydrogen) atoms. The topological polar surface area (TPSA) is 182 Å². The van der Waals surface area contributed by atoms with E-state index in [1.165, 1.54) is 0 Å². The fourth-order valence-corrected chi connectivity index (χ4v) is 3.15. The summed E-state index contributed by atoms with van der Waals surface area (Å²) in [4.78, 5) is 48.9. The van der Waals surface area contributed by atoms with Crippen LogP contribution in [0, 0.1) is 4.91 Å². The summed E-state index contributed by atoms with van der Waals surface area (Å²) in [5.41, 5.74) is 8.14. The number of rotatable bonds is 28. The van der Waals surface area contributed by atoms with E-state index in [4.69, 9.17) is 24.7 Å². The fraction of sp³-hybridized carbons (Fsp3) is 0.889. The Morgan fingerprint density at radius 1 is 0.732 bits per heavy atom. The van der Waals surface area contributed by atoms with Crippen LogP contribution in [0.15, 0.2) is 0 Å². The highest BCUT2D eigenvalue weighted by Gasteiger charge is 2.28. The summed E-state index contributed by atoms with van der Waals surface area (Å²) >= 11 is 0. The molecule has 0 spiro atoms. The van der Waals surface area contributed by atoms with Crippen LogP contribution in [0.3, 0.4) is 0 Å². The molecule has 0 saturated heterocycles. The van der Waals surface area contributed by atoms with Gasteiger partial charge >= 0.3 is 6.17 Å². The average molecular weight is 594 g/mol. The summed E-state index contributed by atoms with van der Waals surface area (Å²) in [5.74, 6) is -0.483. The van der Waals surface area contributed by atoms with Gasteiger partial charge in [-0.2, -0.15) is 0 Å². The quantitative estimate of drug-likeness (QED) is 0.0376. The number of nitrogens with two attached hydrogens (primary N) is 1. The van der Waals surface area contributed by atoms with Gasteiger partial charge in [0.2, 0.25) is 17.7 Å². The Bertz CT molecular complexity index is 657. The van der Waals surface area contributed by atoms with Crippen LogP contribution < -0.4 is 27.1 Å². The van der Waals surface area contributed by atoms with Gasteiger partial charge in [0.25, 0.3) is 0 Å². The van der Waals surface area contributed by atoms with Crippen molar-refractivity contribution >= 4 is 17.7 Å². The predicted molar refractivity (Wildman–Crippen MR) is 157 cm³/mol. The molecule has 0 fully saturated rings. The second-order valence-corrected chi connectivity index (χ2v) is 8.69. The zero-order valence-electron chi connectivity index (χ0n) is 25.8. The van der Waals surface area contributed by atoms with E-state index in [-0.39, 0.29) is 50.1 Å². The number of unbranched alkanes of at least 4 members (excludes halogenated alkanes) is 2. The van der Waals surface area contributed by atoms with Crippen LogP contribution in [0.1, 0.15) is 72.1 Å². The smallest absolute Gasteiger partial charge is 0.308 e. The SMILES string of the molecule is CC.CCC(=O)NCCCCNC(=O)CC[C@H](NC(=O)CCCCN)[N+](=O)NCCOCCOCCOCCOC.